The number of amides is 2. The van der Waals surface area contributed by atoms with Crippen molar-refractivity contribution in [3.63, 3.8) is 0 Å². The number of ether oxygens (including phenoxy) is 2. The Morgan fingerprint density at radius 1 is 1.03 bits per heavy atom. The Morgan fingerprint density at radius 2 is 1.70 bits per heavy atom. The van der Waals surface area contributed by atoms with Crippen LogP contribution in [0.15, 0.2) is 24.3 Å². The van der Waals surface area contributed by atoms with Gasteiger partial charge in [-0.1, -0.05) is 6.07 Å². The second kappa shape index (κ2) is 9.47. The van der Waals surface area contributed by atoms with E-state index in [0.29, 0.717) is 24.4 Å². The molecule has 2 amide bonds. The van der Waals surface area contributed by atoms with Gasteiger partial charge in [0.15, 0.2) is 0 Å². The minimum atomic E-state index is -0.523. The average molecular weight is 418 g/mol. The fourth-order valence-electron chi connectivity index (χ4n) is 3.25. The SMILES string of the molecule is CC(C)(C)OC(=O)NC1CCN(CC(=O)Oc2cccc(C(=O)NC3CC3)c2)CC1. The minimum Gasteiger partial charge on any atom is -0.444 e. The zero-order valence-electron chi connectivity index (χ0n) is 17.9. The van der Waals surface area contributed by atoms with E-state index in [9.17, 15) is 14.4 Å². The molecule has 164 valence electrons. The van der Waals surface area contributed by atoms with E-state index in [4.69, 9.17) is 9.47 Å². The maximum absolute atomic E-state index is 12.3. The molecule has 0 unspecified atom stereocenters. The summed E-state index contributed by atoms with van der Waals surface area (Å²) in [7, 11) is 0. The number of alkyl carbamates (subject to hydrolysis) is 1. The number of carbonyl (C=O) groups is 3. The summed E-state index contributed by atoms with van der Waals surface area (Å²) in [4.78, 5) is 38.3. The van der Waals surface area contributed by atoms with Crippen LogP contribution in [0, 0.1) is 0 Å². The summed E-state index contributed by atoms with van der Waals surface area (Å²) in [6, 6.07) is 6.98. The summed E-state index contributed by atoms with van der Waals surface area (Å²) in [6.45, 7) is 7.01. The predicted octanol–water partition coefficient (Wildman–Crippen LogP) is 2.47. The van der Waals surface area contributed by atoms with Gasteiger partial charge in [-0.2, -0.15) is 0 Å². The number of esters is 1. The predicted molar refractivity (Wildman–Crippen MR) is 111 cm³/mol. The molecule has 2 N–H and O–H groups in total. The van der Waals surface area contributed by atoms with Crippen LogP contribution in [0.5, 0.6) is 5.75 Å². The molecule has 2 fully saturated rings. The van der Waals surface area contributed by atoms with Crippen LogP contribution < -0.4 is 15.4 Å². The van der Waals surface area contributed by atoms with Crippen LogP contribution in [0.25, 0.3) is 0 Å². The molecule has 2 aliphatic rings. The maximum atomic E-state index is 12.3. The first-order chi connectivity index (χ1) is 14.2. The third-order valence-corrected chi connectivity index (χ3v) is 4.90. The van der Waals surface area contributed by atoms with E-state index < -0.39 is 11.7 Å². The van der Waals surface area contributed by atoms with Gasteiger partial charge in [0, 0.05) is 30.7 Å². The van der Waals surface area contributed by atoms with Crippen LogP contribution in [0.4, 0.5) is 4.79 Å². The van der Waals surface area contributed by atoms with Crippen LogP contribution in [0.1, 0.15) is 56.8 Å². The molecule has 1 aliphatic heterocycles. The van der Waals surface area contributed by atoms with E-state index in [1.165, 1.54) is 0 Å². The molecule has 1 saturated carbocycles. The minimum absolute atomic E-state index is 0.0359. The number of likely N-dealkylation sites (tertiary alicyclic amines) is 1. The van der Waals surface area contributed by atoms with Gasteiger partial charge in [0.25, 0.3) is 5.91 Å². The topological polar surface area (TPSA) is 97.0 Å². The summed E-state index contributed by atoms with van der Waals surface area (Å²) in [5, 5.41) is 5.80. The molecule has 0 atom stereocenters. The monoisotopic (exact) mass is 417 g/mol. The lowest BCUT2D eigenvalue weighted by Gasteiger charge is -2.32. The van der Waals surface area contributed by atoms with Gasteiger partial charge >= 0.3 is 12.1 Å². The highest BCUT2D eigenvalue weighted by molar-refractivity contribution is 5.95. The molecule has 1 aromatic carbocycles. The van der Waals surface area contributed by atoms with Gasteiger partial charge in [-0.05, 0) is 64.7 Å². The van der Waals surface area contributed by atoms with Crippen LogP contribution >= 0.6 is 0 Å². The van der Waals surface area contributed by atoms with Crippen LogP contribution in [-0.4, -0.2) is 60.2 Å². The highest BCUT2D eigenvalue weighted by atomic mass is 16.6. The number of hydrogen-bond donors (Lipinski definition) is 2. The van der Waals surface area contributed by atoms with Crippen molar-refractivity contribution in [3.8, 4) is 5.75 Å². The normalized spacial score (nSPS) is 17.8. The van der Waals surface area contributed by atoms with Gasteiger partial charge in [-0.25, -0.2) is 4.79 Å². The molecule has 8 nitrogen and oxygen atoms in total. The summed E-state index contributed by atoms with van der Waals surface area (Å²) in [5.41, 5.74) is -0.0361. The first-order valence-corrected chi connectivity index (χ1v) is 10.5. The molecule has 8 heteroatoms. The van der Waals surface area contributed by atoms with Gasteiger partial charge in [-0.15, -0.1) is 0 Å². The summed E-state index contributed by atoms with van der Waals surface area (Å²) >= 11 is 0. The lowest BCUT2D eigenvalue weighted by Crippen LogP contribution is -2.47. The molecule has 0 spiro atoms. The molecule has 1 heterocycles. The lowest BCUT2D eigenvalue weighted by molar-refractivity contribution is -0.136. The Kier molecular flexibility index (Phi) is 6.97. The number of benzene rings is 1. The highest BCUT2D eigenvalue weighted by Gasteiger charge is 2.26. The molecule has 30 heavy (non-hydrogen) atoms. The average Bonchev–Trinajstić information content (AvgIpc) is 3.46. The fourth-order valence-corrected chi connectivity index (χ4v) is 3.25. The highest BCUT2D eigenvalue weighted by Crippen LogP contribution is 2.20. The molecule has 3 rings (SSSR count). The molecule has 1 aromatic rings. The van der Waals surface area contributed by atoms with Crippen LogP contribution in [-0.2, 0) is 9.53 Å². The summed E-state index contributed by atoms with van der Waals surface area (Å²) in [6.07, 6.45) is 3.10. The Labute approximate surface area is 177 Å². The molecule has 0 aromatic heterocycles. The largest absolute Gasteiger partial charge is 0.444 e. The number of hydrogen-bond acceptors (Lipinski definition) is 6. The van der Waals surface area contributed by atoms with Gasteiger partial charge in [-0.3, -0.25) is 14.5 Å². The third kappa shape index (κ3) is 7.33. The standard InChI is InChI=1S/C22H31N3O5/c1-22(2,3)30-21(28)24-17-9-11-25(12-10-17)14-19(26)29-18-6-4-5-15(13-18)20(27)23-16-7-8-16/h4-6,13,16-17H,7-12,14H2,1-3H3,(H,23,27)(H,24,28). The van der Waals surface area contributed by atoms with E-state index >= 15 is 0 Å². The Balaban J connectivity index is 1.41. The van der Waals surface area contributed by atoms with Gasteiger partial charge in [0.2, 0.25) is 0 Å². The molecule has 1 saturated heterocycles. The number of piperidine rings is 1. The van der Waals surface area contributed by atoms with E-state index in [1.807, 2.05) is 25.7 Å². The zero-order valence-corrected chi connectivity index (χ0v) is 17.9. The van der Waals surface area contributed by atoms with Crippen molar-refractivity contribution < 1.29 is 23.9 Å². The third-order valence-electron chi connectivity index (χ3n) is 4.90. The van der Waals surface area contributed by atoms with E-state index in [0.717, 1.165) is 25.7 Å². The summed E-state index contributed by atoms with van der Waals surface area (Å²) in [5.74, 6) is -0.145. The van der Waals surface area contributed by atoms with Crippen molar-refractivity contribution in [1.82, 2.24) is 15.5 Å². The zero-order chi connectivity index (χ0) is 21.7. The molecule has 1 aliphatic carbocycles. The van der Waals surface area contributed by atoms with Crippen LogP contribution in [0.3, 0.4) is 0 Å². The van der Waals surface area contributed by atoms with E-state index in [2.05, 4.69) is 10.6 Å². The molecule has 0 bridgehead atoms. The van der Waals surface area contributed by atoms with Crippen molar-refractivity contribution in [2.45, 2.75) is 64.1 Å². The van der Waals surface area contributed by atoms with Crippen molar-refractivity contribution in [2.75, 3.05) is 19.6 Å². The second-order valence-corrected chi connectivity index (χ2v) is 8.95. The van der Waals surface area contributed by atoms with E-state index in [1.54, 1.807) is 24.3 Å². The van der Waals surface area contributed by atoms with Crippen LogP contribution in [0.2, 0.25) is 0 Å². The quantitative estimate of drug-likeness (QED) is 0.545. The maximum Gasteiger partial charge on any atom is 0.407 e. The first kappa shape index (κ1) is 22.1. The smallest absolute Gasteiger partial charge is 0.407 e. The van der Waals surface area contributed by atoms with E-state index in [-0.39, 0.29) is 30.5 Å². The summed E-state index contributed by atoms with van der Waals surface area (Å²) < 4.78 is 10.7. The Hall–Kier alpha value is -2.61. The number of nitrogens with one attached hydrogen (secondary N) is 2. The van der Waals surface area contributed by atoms with Gasteiger partial charge < -0.3 is 20.1 Å². The number of rotatable bonds is 6. The Bertz CT molecular complexity index is 777. The van der Waals surface area contributed by atoms with Gasteiger partial charge in [0.1, 0.15) is 11.4 Å². The van der Waals surface area contributed by atoms with Crippen molar-refractivity contribution in [3.05, 3.63) is 29.8 Å². The molecular formula is C22H31N3O5. The molecule has 0 radical (unpaired) electrons. The van der Waals surface area contributed by atoms with Gasteiger partial charge in [0.05, 0.1) is 6.54 Å². The van der Waals surface area contributed by atoms with Crippen molar-refractivity contribution >= 4 is 18.0 Å². The second-order valence-electron chi connectivity index (χ2n) is 8.95. The van der Waals surface area contributed by atoms with Crippen molar-refractivity contribution in [1.29, 1.82) is 0 Å². The fraction of sp³-hybridized carbons (Fsp3) is 0.591. The van der Waals surface area contributed by atoms with Crippen molar-refractivity contribution in [2.24, 2.45) is 0 Å². The lowest BCUT2D eigenvalue weighted by atomic mass is 10.1. The Morgan fingerprint density at radius 3 is 2.33 bits per heavy atom. The number of nitrogens with zero attached hydrogens (tertiary/aromatic N) is 1. The number of carbonyl (C=O) groups excluding carboxylic acids is 3. The molecular weight excluding hydrogens is 386 g/mol. The first-order valence-electron chi connectivity index (χ1n) is 10.5.